The molecule has 1 fully saturated rings. The van der Waals surface area contributed by atoms with E-state index in [-0.39, 0.29) is 0 Å². The number of piperazine rings is 1. The number of imidazole rings is 1. The standard InChI is InChI=1S/C22H28N8/c1-14(2)30-15(3)26-18-6-4-16-12-25-22(28-20(16)21(18)30)27-19-7-5-17(13-24-19)29-10-8-23-9-11-29/h5,7,12-14,23H,4,6,8-11H2,1-3H3,(H,24,25,27,28). The lowest BCUT2D eigenvalue weighted by molar-refractivity contribution is 0.586. The largest absolute Gasteiger partial charge is 0.368 e. The third kappa shape index (κ3) is 3.41. The van der Waals surface area contributed by atoms with Gasteiger partial charge in [-0.2, -0.15) is 0 Å². The van der Waals surface area contributed by atoms with E-state index in [9.17, 15) is 0 Å². The second-order valence-corrected chi connectivity index (χ2v) is 8.25. The molecular weight excluding hydrogens is 376 g/mol. The lowest BCUT2D eigenvalue weighted by atomic mass is 9.97. The van der Waals surface area contributed by atoms with Crippen molar-refractivity contribution in [2.45, 2.75) is 39.7 Å². The smallest absolute Gasteiger partial charge is 0.228 e. The number of hydrogen-bond donors (Lipinski definition) is 2. The Kier molecular flexibility index (Phi) is 4.86. The fourth-order valence-corrected chi connectivity index (χ4v) is 4.45. The predicted octanol–water partition coefficient (Wildman–Crippen LogP) is 2.88. The van der Waals surface area contributed by atoms with Gasteiger partial charge in [0.2, 0.25) is 5.95 Å². The van der Waals surface area contributed by atoms with Crippen LogP contribution >= 0.6 is 0 Å². The Labute approximate surface area is 176 Å². The molecule has 5 rings (SSSR count). The molecule has 156 valence electrons. The topological polar surface area (TPSA) is 83.8 Å². The number of fused-ring (bicyclic) bond motifs is 3. The van der Waals surface area contributed by atoms with E-state index in [1.54, 1.807) is 0 Å². The molecule has 3 aromatic heterocycles. The van der Waals surface area contributed by atoms with Gasteiger partial charge in [-0.05, 0) is 51.3 Å². The highest BCUT2D eigenvalue weighted by Crippen LogP contribution is 2.35. The average molecular weight is 405 g/mol. The molecule has 8 nitrogen and oxygen atoms in total. The molecule has 30 heavy (non-hydrogen) atoms. The molecule has 1 saturated heterocycles. The van der Waals surface area contributed by atoms with E-state index in [2.05, 4.69) is 56.9 Å². The molecule has 3 aromatic rings. The molecule has 4 heterocycles. The van der Waals surface area contributed by atoms with Crippen molar-refractivity contribution in [1.82, 2.24) is 29.8 Å². The van der Waals surface area contributed by atoms with Crippen molar-refractivity contribution in [2.75, 3.05) is 36.4 Å². The molecule has 0 unspecified atom stereocenters. The van der Waals surface area contributed by atoms with Gasteiger partial charge in [-0.25, -0.2) is 19.9 Å². The van der Waals surface area contributed by atoms with Crippen molar-refractivity contribution in [2.24, 2.45) is 0 Å². The van der Waals surface area contributed by atoms with Crippen molar-refractivity contribution in [3.05, 3.63) is 41.6 Å². The normalized spacial score (nSPS) is 15.8. The summed E-state index contributed by atoms with van der Waals surface area (Å²) in [7, 11) is 0. The van der Waals surface area contributed by atoms with Gasteiger partial charge < -0.3 is 20.1 Å². The van der Waals surface area contributed by atoms with E-state index < -0.39 is 0 Å². The summed E-state index contributed by atoms with van der Waals surface area (Å²) in [4.78, 5) is 21.2. The maximum Gasteiger partial charge on any atom is 0.228 e. The SMILES string of the molecule is Cc1nc2c(n1C(C)C)-c1nc(Nc3ccc(N4CCNCC4)cn3)ncc1CC2. The van der Waals surface area contributed by atoms with Crippen molar-refractivity contribution in [3.8, 4) is 11.4 Å². The quantitative estimate of drug-likeness (QED) is 0.692. The minimum Gasteiger partial charge on any atom is -0.368 e. The van der Waals surface area contributed by atoms with Gasteiger partial charge in [-0.3, -0.25) is 0 Å². The summed E-state index contributed by atoms with van der Waals surface area (Å²) in [6, 6.07) is 4.43. The minimum absolute atomic E-state index is 0.331. The van der Waals surface area contributed by atoms with Gasteiger partial charge in [0, 0.05) is 38.4 Å². The second kappa shape index (κ2) is 7.68. The van der Waals surface area contributed by atoms with Crippen molar-refractivity contribution in [3.63, 3.8) is 0 Å². The third-order valence-electron chi connectivity index (χ3n) is 5.87. The average Bonchev–Trinajstić information content (AvgIpc) is 3.11. The van der Waals surface area contributed by atoms with Gasteiger partial charge in [0.1, 0.15) is 11.6 Å². The van der Waals surface area contributed by atoms with Crippen LogP contribution in [0, 0.1) is 6.92 Å². The molecule has 1 aliphatic heterocycles. The summed E-state index contributed by atoms with van der Waals surface area (Å²) in [6.07, 6.45) is 5.72. The minimum atomic E-state index is 0.331. The summed E-state index contributed by atoms with van der Waals surface area (Å²) < 4.78 is 2.28. The molecule has 0 amide bonds. The van der Waals surface area contributed by atoms with Crippen LogP contribution in [0.4, 0.5) is 17.5 Å². The number of hydrogen-bond acceptors (Lipinski definition) is 7. The van der Waals surface area contributed by atoms with Crippen LogP contribution in [0.15, 0.2) is 24.5 Å². The van der Waals surface area contributed by atoms with Gasteiger partial charge in [-0.15, -0.1) is 0 Å². The fraction of sp³-hybridized carbons (Fsp3) is 0.455. The molecule has 0 spiro atoms. The zero-order valence-corrected chi connectivity index (χ0v) is 17.8. The van der Waals surface area contributed by atoms with E-state index in [0.717, 1.165) is 73.4 Å². The van der Waals surface area contributed by atoms with E-state index >= 15 is 0 Å². The molecule has 2 N–H and O–H groups in total. The number of aryl methyl sites for hydroxylation is 3. The van der Waals surface area contributed by atoms with Crippen molar-refractivity contribution >= 4 is 17.5 Å². The van der Waals surface area contributed by atoms with Crippen LogP contribution < -0.4 is 15.5 Å². The zero-order valence-electron chi connectivity index (χ0n) is 17.8. The number of pyridine rings is 1. The second-order valence-electron chi connectivity index (χ2n) is 8.25. The Morgan fingerprint density at radius 3 is 2.60 bits per heavy atom. The Morgan fingerprint density at radius 2 is 1.87 bits per heavy atom. The highest BCUT2D eigenvalue weighted by molar-refractivity contribution is 5.67. The van der Waals surface area contributed by atoms with E-state index in [0.29, 0.717) is 12.0 Å². The zero-order chi connectivity index (χ0) is 20.7. The molecule has 0 radical (unpaired) electrons. The molecule has 0 aromatic carbocycles. The summed E-state index contributed by atoms with van der Waals surface area (Å²) in [5.74, 6) is 2.36. The lowest BCUT2D eigenvalue weighted by Gasteiger charge is -2.29. The van der Waals surface area contributed by atoms with E-state index in [4.69, 9.17) is 9.97 Å². The fourth-order valence-electron chi connectivity index (χ4n) is 4.45. The number of aromatic nitrogens is 5. The van der Waals surface area contributed by atoms with Crippen LogP contribution in [0.2, 0.25) is 0 Å². The van der Waals surface area contributed by atoms with E-state index in [1.165, 1.54) is 5.56 Å². The summed E-state index contributed by atoms with van der Waals surface area (Å²) >= 11 is 0. The van der Waals surface area contributed by atoms with Gasteiger partial charge in [0.15, 0.2) is 0 Å². The lowest BCUT2D eigenvalue weighted by Crippen LogP contribution is -2.43. The van der Waals surface area contributed by atoms with Crippen LogP contribution in [0.25, 0.3) is 11.4 Å². The van der Waals surface area contributed by atoms with Gasteiger partial charge in [-0.1, -0.05) is 0 Å². The van der Waals surface area contributed by atoms with Gasteiger partial charge in [0.05, 0.1) is 29.0 Å². The first-order valence-corrected chi connectivity index (χ1v) is 10.7. The summed E-state index contributed by atoms with van der Waals surface area (Å²) in [6.45, 7) is 10.5. The summed E-state index contributed by atoms with van der Waals surface area (Å²) in [5.41, 5.74) is 5.58. The molecule has 1 aliphatic carbocycles. The number of anilines is 3. The first kappa shape index (κ1) is 19.0. The van der Waals surface area contributed by atoms with E-state index in [1.807, 2.05) is 18.5 Å². The Hall–Kier alpha value is -3.00. The molecule has 0 bridgehead atoms. The van der Waals surface area contributed by atoms with Crippen LogP contribution in [0.3, 0.4) is 0 Å². The Bertz CT molecular complexity index is 1050. The van der Waals surface area contributed by atoms with Gasteiger partial charge >= 0.3 is 0 Å². The Morgan fingerprint density at radius 1 is 1.03 bits per heavy atom. The van der Waals surface area contributed by atoms with Crippen LogP contribution in [-0.4, -0.2) is 50.7 Å². The summed E-state index contributed by atoms with van der Waals surface area (Å²) in [5, 5.41) is 6.65. The number of rotatable bonds is 4. The first-order valence-electron chi connectivity index (χ1n) is 10.7. The number of nitrogens with one attached hydrogen (secondary N) is 2. The molecule has 2 aliphatic rings. The van der Waals surface area contributed by atoms with Crippen LogP contribution in [-0.2, 0) is 12.8 Å². The van der Waals surface area contributed by atoms with Gasteiger partial charge in [0.25, 0.3) is 0 Å². The molecule has 8 heteroatoms. The first-order chi connectivity index (χ1) is 14.6. The van der Waals surface area contributed by atoms with Crippen molar-refractivity contribution in [1.29, 1.82) is 0 Å². The van der Waals surface area contributed by atoms with Crippen LogP contribution in [0.1, 0.15) is 37.0 Å². The van der Waals surface area contributed by atoms with Crippen molar-refractivity contribution < 1.29 is 0 Å². The maximum atomic E-state index is 4.88. The monoisotopic (exact) mass is 404 g/mol. The third-order valence-corrected chi connectivity index (χ3v) is 5.87. The molecule has 0 saturated carbocycles. The highest BCUT2D eigenvalue weighted by atomic mass is 15.2. The molecular formula is C22H28N8. The maximum absolute atomic E-state index is 4.88. The Balaban J connectivity index is 1.42. The van der Waals surface area contributed by atoms with Crippen LogP contribution in [0.5, 0.6) is 0 Å². The molecule has 0 atom stereocenters. The predicted molar refractivity (Wildman–Crippen MR) is 118 cm³/mol. The highest BCUT2D eigenvalue weighted by Gasteiger charge is 2.26. The number of nitrogens with zero attached hydrogens (tertiary/aromatic N) is 6.